The Bertz CT molecular complexity index is 450. The number of hydrogen-bond acceptors (Lipinski definition) is 4. The van der Waals surface area contributed by atoms with Gasteiger partial charge in [0.05, 0.1) is 5.69 Å². The number of Topliss-reactive ketones (excluding diaryl/α,β-unsaturated/α-hetero) is 1. The average molecular weight is 273 g/mol. The zero-order valence-corrected chi connectivity index (χ0v) is 10.1. The van der Waals surface area contributed by atoms with E-state index in [0.717, 1.165) is 0 Å². The van der Waals surface area contributed by atoms with Crippen LogP contribution >= 0.6 is 12.4 Å². The van der Waals surface area contributed by atoms with Gasteiger partial charge in [-0.15, -0.1) is 12.4 Å². The van der Waals surface area contributed by atoms with Crippen molar-refractivity contribution in [2.75, 3.05) is 5.32 Å². The monoisotopic (exact) mass is 272 g/mol. The first-order chi connectivity index (χ1) is 8.06. The molecule has 1 amide bonds. The standard InChI is InChI=1S/C11H12N2O4.ClH/c12-8(11(16)17)5-10(15)7-3-1-2-4-9(7)13-6-14;/h1-4,6,8H,5,12H2,(H,13,14)(H,16,17);1H. The highest BCUT2D eigenvalue weighted by Crippen LogP contribution is 2.16. The third-order valence-electron chi connectivity index (χ3n) is 2.16. The number of halogens is 1. The smallest absolute Gasteiger partial charge is 0.320 e. The molecule has 7 heteroatoms. The lowest BCUT2D eigenvalue weighted by Crippen LogP contribution is -2.32. The summed E-state index contributed by atoms with van der Waals surface area (Å²) in [6.45, 7) is 0. The molecule has 1 aromatic rings. The van der Waals surface area contributed by atoms with Crippen molar-refractivity contribution in [3.63, 3.8) is 0 Å². The van der Waals surface area contributed by atoms with Gasteiger partial charge in [-0.2, -0.15) is 0 Å². The predicted octanol–water partition coefficient (Wildman–Crippen LogP) is 0.661. The second-order valence-electron chi connectivity index (χ2n) is 3.38. The van der Waals surface area contributed by atoms with Crippen molar-refractivity contribution in [2.24, 2.45) is 5.73 Å². The molecule has 0 saturated heterocycles. The molecule has 1 aromatic carbocycles. The predicted molar refractivity (Wildman–Crippen MR) is 67.9 cm³/mol. The van der Waals surface area contributed by atoms with Gasteiger partial charge in [0.25, 0.3) is 0 Å². The molecule has 4 N–H and O–H groups in total. The van der Waals surface area contributed by atoms with Crippen molar-refractivity contribution in [3.05, 3.63) is 29.8 Å². The van der Waals surface area contributed by atoms with Crippen LogP contribution in [0, 0.1) is 0 Å². The normalized spacial score (nSPS) is 10.9. The van der Waals surface area contributed by atoms with E-state index in [9.17, 15) is 14.4 Å². The number of aliphatic carboxylic acids is 1. The Morgan fingerprint density at radius 2 is 2.00 bits per heavy atom. The maximum atomic E-state index is 11.8. The summed E-state index contributed by atoms with van der Waals surface area (Å²) in [5.41, 5.74) is 5.85. The van der Waals surface area contributed by atoms with Gasteiger partial charge >= 0.3 is 5.97 Å². The molecule has 98 valence electrons. The lowest BCUT2D eigenvalue weighted by atomic mass is 10.0. The van der Waals surface area contributed by atoms with Gasteiger partial charge in [0.1, 0.15) is 6.04 Å². The second-order valence-corrected chi connectivity index (χ2v) is 3.38. The summed E-state index contributed by atoms with van der Waals surface area (Å²) in [7, 11) is 0. The number of carbonyl (C=O) groups excluding carboxylic acids is 2. The third-order valence-corrected chi connectivity index (χ3v) is 2.16. The number of carboxylic acids is 1. The number of benzene rings is 1. The molecule has 6 nitrogen and oxygen atoms in total. The number of nitrogens with two attached hydrogens (primary N) is 1. The zero-order chi connectivity index (χ0) is 12.8. The number of hydrogen-bond donors (Lipinski definition) is 3. The minimum Gasteiger partial charge on any atom is -0.480 e. The van der Waals surface area contributed by atoms with Crippen molar-refractivity contribution in [1.29, 1.82) is 0 Å². The van der Waals surface area contributed by atoms with Gasteiger partial charge in [0.15, 0.2) is 5.78 Å². The number of carboxylic acid groups (broad SMARTS) is 1. The molecule has 0 spiro atoms. The van der Waals surface area contributed by atoms with E-state index < -0.39 is 17.8 Å². The van der Waals surface area contributed by atoms with Gasteiger partial charge in [-0.25, -0.2) is 0 Å². The minimum absolute atomic E-state index is 0. The van der Waals surface area contributed by atoms with E-state index in [1.807, 2.05) is 0 Å². The van der Waals surface area contributed by atoms with E-state index >= 15 is 0 Å². The van der Waals surface area contributed by atoms with Crippen LogP contribution in [0.3, 0.4) is 0 Å². The van der Waals surface area contributed by atoms with Crippen LogP contribution in [0.5, 0.6) is 0 Å². The van der Waals surface area contributed by atoms with Crippen LogP contribution in [0.1, 0.15) is 16.8 Å². The Labute approximate surface area is 110 Å². The molecule has 0 aromatic heterocycles. The van der Waals surface area contributed by atoms with E-state index in [4.69, 9.17) is 10.8 Å². The van der Waals surface area contributed by atoms with Gasteiger partial charge in [-0.05, 0) is 12.1 Å². The Kier molecular flexibility index (Phi) is 6.62. The molecule has 0 heterocycles. The van der Waals surface area contributed by atoms with Crippen LogP contribution in [0.15, 0.2) is 24.3 Å². The van der Waals surface area contributed by atoms with E-state index in [1.54, 1.807) is 18.2 Å². The Hall–Kier alpha value is -1.92. The summed E-state index contributed by atoms with van der Waals surface area (Å²) in [5, 5.41) is 11.0. The molecule has 1 atom stereocenters. The summed E-state index contributed by atoms with van der Waals surface area (Å²) in [5.74, 6) is -1.66. The molecule has 0 saturated carbocycles. The largest absolute Gasteiger partial charge is 0.480 e. The molecule has 0 aliphatic heterocycles. The lowest BCUT2D eigenvalue weighted by Gasteiger charge is -2.09. The fourth-order valence-electron chi connectivity index (χ4n) is 1.31. The van der Waals surface area contributed by atoms with Gasteiger partial charge in [0.2, 0.25) is 6.41 Å². The highest BCUT2D eigenvalue weighted by molar-refractivity contribution is 6.04. The van der Waals surface area contributed by atoms with Crippen LogP contribution in [0.2, 0.25) is 0 Å². The van der Waals surface area contributed by atoms with Crippen molar-refractivity contribution in [1.82, 2.24) is 0 Å². The number of anilines is 1. The van der Waals surface area contributed by atoms with Gasteiger partial charge < -0.3 is 16.2 Å². The van der Waals surface area contributed by atoms with Crippen molar-refractivity contribution >= 4 is 36.3 Å². The maximum Gasteiger partial charge on any atom is 0.320 e. The Balaban J connectivity index is 0.00000289. The SMILES string of the molecule is Cl.NC(CC(=O)c1ccccc1NC=O)C(=O)O. The van der Waals surface area contributed by atoms with Crippen LogP contribution < -0.4 is 11.1 Å². The van der Waals surface area contributed by atoms with Crippen LogP contribution in [0.25, 0.3) is 0 Å². The summed E-state index contributed by atoms with van der Waals surface area (Å²) in [6, 6.07) is 5.08. The average Bonchev–Trinajstić information content (AvgIpc) is 2.29. The summed E-state index contributed by atoms with van der Waals surface area (Å²) in [4.78, 5) is 32.6. The zero-order valence-electron chi connectivity index (χ0n) is 9.33. The van der Waals surface area contributed by atoms with E-state index in [-0.39, 0.29) is 24.4 Å². The molecule has 0 aliphatic rings. The molecule has 0 radical (unpaired) electrons. The lowest BCUT2D eigenvalue weighted by molar-refractivity contribution is -0.138. The summed E-state index contributed by atoms with van der Waals surface area (Å²) in [6.07, 6.45) is 0.135. The minimum atomic E-state index is -1.24. The van der Waals surface area contributed by atoms with E-state index in [2.05, 4.69) is 5.32 Å². The highest BCUT2D eigenvalue weighted by Gasteiger charge is 2.19. The number of rotatable bonds is 6. The number of ketones is 1. The highest BCUT2D eigenvalue weighted by atomic mass is 35.5. The first kappa shape index (κ1) is 16.1. The second kappa shape index (κ2) is 7.41. The third kappa shape index (κ3) is 4.15. The number of carbonyl (C=O) groups is 3. The Morgan fingerprint density at radius 1 is 1.39 bits per heavy atom. The Morgan fingerprint density at radius 3 is 2.56 bits per heavy atom. The van der Waals surface area contributed by atoms with Crippen molar-refractivity contribution in [2.45, 2.75) is 12.5 Å². The molecule has 18 heavy (non-hydrogen) atoms. The van der Waals surface area contributed by atoms with E-state index in [1.165, 1.54) is 6.07 Å². The molecule has 0 aliphatic carbocycles. The molecular weight excluding hydrogens is 260 g/mol. The van der Waals surface area contributed by atoms with Crippen LogP contribution in [-0.2, 0) is 9.59 Å². The fraction of sp³-hybridized carbons (Fsp3) is 0.182. The first-order valence-corrected chi connectivity index (χ1v) is 4.87. The molecule has 0 fully saturated rings. The van der Waals surface area contributed by atoms with Crippen molar-refractivity contribution < 1.29 is 19.5 Å². The molecule has 0 bridgehead atoms. The topological polar surface area (TPSA) is 109 Å². The number of para-hydroxylation sites is 1. The molecule has 1 unspecified atom stereocenters. The van der Waals surface area contributed by atoms with E-state index in [0.29, 0.717) is 12.1 Å². The first-order valence-electron chi connectivity index (χ1n) is 4.87. The van der Waals surface area contributed by atoms with Gasteiger partial charge in [0, 0.05) is 12.0 Å². The molecular formula is C11H13ClN2O4. The van der Waals surface area contributed by atoms with Crippen molar-refractivity contribution in [3.8, 4) is 0 Å². The fourth-order valence-corrected chi connectivity index (χ4v) is 1.31. The van der Waals surface area contributed by atoms with Gasteiger partial charge in [-0.3, -0.25) is 14.4 Å². The maximum absolute atomic E-state index is 11.8. The quantitative estimate of drug-likeness (QED) is 0.521. The number of amides is 1. The number of nitrogens with one attached hydrogen (secondary N) is 1. The van der Waals surface area contributed by atoms with Crippen LogP contribution in [-0.4, -0.2) is 29.3 Å². The molecule has 1 rings (SSSR count). The van der Waals surface area contributed by atoms with Crippen LogP contribution in [0.4, 0.5) is 5.69 Å². The summed E-state index contributed by atoms with van der Waals surface area (Å²) >= 11 is 0. The van der Waals surface area contributed by atoms with Gasteiger partial charge in [-0.1, -0.05) is 12.1 Å². The summed E-state index contributed by atoms with van der Waals surface area (Å²) < 4.78 is 0.